The SMILES string of the molecule is CCOC(=O)c1cccc(NS(=O)(=O)c2cccc(C#N)c2)c1. The first-order valence-corrected chi connectivity index (χ1v) is 8.25. The van der Waals surface area contributed by atoms with Crippen LogP contribution in [0.15, 0.2) is 53.4 Å². The molecule has 2 rings (SSSR count). The second-order valence-corrected chi connectivity index (χ2v) is 6.23. The van der Waals surface area contributed by atoms with E-state index in [9.17, 15) is 13.2 Å². The van der Waals surface area contributed by atoms with Crippen LogP contribution in [0.3, 0.4) is 0 Å². The van der Waals surface area contributed by atoms with Gasteiger partial charge in [-0.15, -0.1) is 0 Å². The molecule has 0 saturated heterocycles. The highest BCUT2D eigenvalue weighted by molar-refractivity contribution is 7.92. The van der Waals surface area contributed by atoms with E-state index in [-0.39, 0.29) is 28.3 Å². The predicted octanol–water partition coefficient (Wildman–Crippen LogP) is 2.54. The van der Waals surface area contributed by atoms with Gasteiger partial charge in [-0.05, 0) is 43.3 Å². The summed E-state index contributed by atoms with van der Waals surface area (Å²) in [4.78, 5) is 11.7. The number of carbonyl (C=O) groups is 1. The molecule has 0 saturated carbocycles. The molecule has 0 aliphatic rings. The van der Waals surface area contributed by atoms with Gasteiger partial charge in [-0.1, -0.05) is 12.1 Å². The van der Waals surface area contributed by atoms with E-state index in [1.54, 1.807) is 13.0 Å². The third-order valence-electron chi connectivity index (χ3n) is 2.90. The van der Waals surface area contributed by atoms with Crippen LogP contribution in [-0.4, -0.2) is 21.0 Å². The molecule has 0 unspecified atom stereocenters. The average Bonchev–Trinajstić information content (AvgIpc) is 2.55. The maximum atomic E-state index is 12.3. The van der Waals surface area contributed by atoms with Crippen molar-refractivity contribution in [1.29, 1.82) is 5.26 Å². The highest BCUT2D eigenvalue weighted by Gasteiger charge is 2.16. The van der Waals surface area contributed by atoms with Gasteiger partial charge in [0, 0.05) is 5.69 Å². The first-order chi connectivity index (χ1) is 11.0. The molecule has 0 aliphatic heterocycles. The van der Waals surface area contributed by atoms with Crippen molar-refractivity contribution in [2.75, 3.05) is 11.3 Å². The molecule has 0 radical (unpaired) electrons. The molecule has 0 bridgehead atoms. The summed E-state index contributed by atoms with van der Waals surface area (Å²) in [6.45, 7) is 1.92. The number of esters is 1. The van der Waals surface area contributed by atoms with Crippen molar-refractivity contribution in [2.24, 2.45) is 0 Å². The molecule has 0 fully saturated rings. The summed E-state index contributed by atoms with van der Waals surface area (Å²) >= 11 is 0. The van der Waals surface area contributed by atoms with Gasteiger partial charge in [0.15, 0.2) is 0 Å². The van der Waals surface area contributed by atoms with Crippen LogP contribution in [0.4, 0.5) is 5.69 Å². The first-order valence-electron chi connectivity index (χ1n) is 6.76. The van der Waals surface area contributed by atoms with Crippen LogP contribution in [0.1, 0.15) is 22.8 Å². The van der Waals surface area contributed by atoms with Gasteiger partial charge in [0.25, 0.3) is 10.0 Å². The number of benzene rings is 2. The number of rotatable bonds is 5. The Morgan fingerprint density at radius 2 is 1.96 bits per heavy atom. The number of nitriles is 1. The maximum Gasteiger partial charge on any atom is 0.338 e. The third-order valence-corrected chi connectivity index (χ3v) is 4.28. The van der Waals surface area contributed by atoms with Gasteiger partial charge in [0.05, 0.1) is 28.7 Å². The molecule has 0 atom stereocenters. The lowest BCUT2D eigenvalue weighted by Crippen LogP contribution is -2.14. The Labute approximate surface area is 134 Å². The van der Waals surface area contributed by atoms with Crippen molar-refractivity contribution in [3.05, 3.63) is 59.7 Å². The molecule has 1 N–H and O–H groups in total. The van der Waals surface area contributed by atoms with Crippen LogP contribution in [0, 0.1) is 11.3 Å². The highest BCUT2D eigenvalue weighted by Crippen LogP contribution is 2.18. The summed E-state index contributed by atoms with van der Waals surface area (Å²) in [5.74, 6) is -0.528. The summed E-state index contributed by atoms with van der Waals surface area (Å²) in [5, 5.41) is 8.85. The van der Waals surface area contributed by atoms with Crippen LogP contribution >= 0.6 is 0 Å². The summed E-state index contributed by atoms with van der Waals surface area (Å²) < 4.78 is 31.9. The van der Waals surface area contributed by atoms with Crippen LogP contribution in [0.2, 0.25) is 0 Å². The minimum absolute atomic E-state index is 0.0295. The predicted molar refractivity (Wildman–Crippen MR) is 84.4 cm³/mol. The summed E-state index contributed by atoms with van der Waals surface area (Å²) in [5.41, 5.74) is 0.726. The van der Waals surface area contributed by atoms with Gasteiger partial charge in [0.2, 0.25) is 0 Å². The number of carbonyl (C=O) groups excluding carboxylic acids is 1. The molecule has 0 heterocycles. The fourth-order valence-corrected chi connectivity index (χ4v) is 2.97. The monoisotopic (exact) mass is 330 g/mol. The number of hydrogen-bond acceptors (Lipinski definition) is 5. The smallest absolute Gasteiger partial charge is 0.338 e. The lowest BCUT2D eigenvalue weighted by molar-refractivity contribution is 0.0526. The minimum Gasteiger partial charge on any atom is -0.462 e. The van der Waals surface area contributed by atoms with E-state index < -0.39 is 16.0 Å². The molecule has 7 heteroatoms. The Hall–Kier alpha value is -2.85. The zero-order valence-corrected chi connectivity index (χ0v) is 13.1. The fraction of sp³-hybridized carbons (Fsp3) is 0.125. The average molecular weight is 330 g/mol. The number of ether oxygens (including phenoxy) is 1. The van der Waals surface area contributed by atoms with Crippen LogP contribution in [-0.2, 0) is 14.8 Å². The van der Waals surface area contributed by atoms with E-state index in [0.717, 1.165) is 0 Å². The van der Waals surface area contributed by atoms with Gasteiger partial charge >= 0.3 is 5.97 Å². The van der Waals surface area contributed by atoms with Crippen molar-refractivity contribution < 1.29 is 17.9 Å². The van der Waals surface area contributed by atoms with Gasteiger partial charge in [-0.25, -0.2) is 13.2 Å². The fourth-order valence-electron chi connectivity index (χ4n) is 1.87. The number of hydrogen-bond donors (Lipinski definition) is 1. The normalized spacial score (nSPS) is 10.6. The Bertz CT molecular complexity index is 870. The molecule has 0 spiro atoms. The molecule has 0 amide bonds. The van der Waals surface area contributed by atoms with Crippen molar-refractivity contribution in [2.45, 2.75) is 11.8 Å². The van der Waals surface area contributed by atoms with Gasteiger partial charge in [0.1, 0.15) is 0 Å². The quantitative estimate of drug-likeness (QED) is 0.850. The third kappa shape index (κ3) is 4.08. The Morgan fingerprint density at radius 1 is 1.22 bits per heavy atom. The summed E-state index contributed by atoms with van der Waals surface area (Å²) in [6, 6.07) is 13.6. The largest absolute Gasteiger partial charge is 0.462 e. The Morgan fingerprint density at radius 3 is 2.65 bits per heavy atom. The lowest BCUT2D eigenvalue weighted by atomic mass is 10.2. The van der Waals surface area contributed by atoms with E-state index in [2.05, 4.69) is 4.72 Å². The van der Waals surface area contributed by atoms with Gasteiger partial charge in [-0.3, -0.25) is 4.72 Å². The van der Waals surface area contributed by atoms with E-state index in [1.807, 2.05) is 6.07 Å². The maximum absolute atomic E-state index is 12.3. The van der Waals surface area contributed by atoms with E-state index >= 15 is 0 Å². The van der Waals surface area contributed by atoms with Gasteiger partial charge in [-0.2, -0.15) is 5.26 Å². The summed E-state index contributed by atoms with van der Waals surface area (Å²) in [7, 11) is -3.85. The first kappa shape index (κ1) is 16.5. The number of sulfonamides is 1. The molecule has 23 heavy (non-hydrogen) atoms. The van der Waals surface area contributed by atoms with Crippen LogP contribution < -0.4 is 4.72 Å². The molecule has 0 aromatic heterocycles. The zero-order chi connectivity index (χ0) is 16.9. The van der Waals surface area contributed by atoms with E-state index in [1.165, 1.54) is 42.5 Å². The summed E-state index contributed by atoms with van der Waals surface area (Å²) in [6.07, 6.45) is 0. The Kier molecular flexibility index (Phi) is 4.98. The molecule has 118 valence electrons. The van der Waals surface area contributed by atoms with Crippen LogP contribution in [0.5, 0.6) is 0 Å². The molecule has 2 aromatic carbocycles. The van der Waals surface area contributed by atoms with Gasteiger partial charge < -0.3 is 4.74 Å². The molecule has 0 aliphatic carbocycles. The van der Waals surface area contributed by atoms with Crippen LogP contribution in [0.25, 0.3) is 0 Å². The second-order valence-electron chi connectivity index (χ2n) is 4.55. The standard InChI is InChI=1S/C16H14N2O4S/c1-2-22-16(19)13-6-4-7-14(10-13)18-23(20,21)15-8-3-5-12(9-15)11-17/h3-10,18H,2H2,1H3. The molecular formula is C16H14N2O4S. The topological polar surface area (TPSA) is 96.3 Å². The second kappa shape index (κ2) is 6.94. The number of nitrogens with zero attached hydrogens (tertiary/aromatic N) is 1. The lowest BCUT2D eigenvalue weighted by Gasteiger charge is -2.09. The molecule has 6 nitrogen and oxygen atoms in total. The van der Waals surface area contributed by atoms with Crippen molar-refractivity contribution >= 4 is 21.7 Å². The minimum atomic E-state index is -3.85. The van der Waals surface area contributed by atoms with Crippen molar-refractivity contribution in [1.82, 2.24) is 0 Å². The molecule has 2 aromatic rings. The van der Waals surface area contributed by atoms with Crippen molar-refractivity contribution in [3.63, 3.8) is 0 Å². The Balaban J connectivity index is 2.29. The zero-order valence-electron chi connectivity index (χ0n) is 12.3. The van der Waals surface area contributed by atoms with Crippen molar-refractivity contribution in [3.8, 4) is 6.07 Å². The number of nitrogens with one attached hydrogen (secondary N) is 1. The number of anilines is 1. The molecular weight excluding hydrogens is 316 g/mol. The highest BCUT2D eigenvalue weighted by atomic mass is 32.2. The van der Waals surface area contributed by atoms with E-state index in [4.69, 9.17) is 10.00 Å². The van der Waals surface area contributed by atoms with E-state index in [0.29, 0.717) is 0 Å².